The first-order chi connectivity index (χ1) is 7.74. The molecule has 0 fully saturated rings. The number of alkyl halides is 1. The molecule has 0 spiro atoms. The van der Waals surface area contributed by atoms with E-state index in [1.165, 1.54) is 11.3 Å². The van der Waals surface area contributed by atoms with Crippen LogP contribution >= 0.6 is 22.9 Å². The molecule has 5 heteroatoms. The van der Waals surface area contributed by atoms with Gasteiger partial charge in [0.05, 0.1) is 5.51 Å². The zero-order chi connectivity index (χ0) is 12.0. The number of carbonyl (C=O) groups excluding carboxylic acids is 1. The molecule has 1 aromatic heterocycles. The third-order valence-electron chi connectivity index (χ3n) is 2.62. The molecule has 0 aliphatic carbocycles. The number of halogens is 1. The highest BCUT2D eigenvalue weighted by atomic mass is 35.5. The average Bonchev–Trinajstić information content (AvgIpc) is 2.82. The first kappa shape index (κ1) is 13.5. The second-order valence-electron chi connectivity index (χ2n) is 3.53. The van der Waals surface area contributed by atoms with Crippen molar-refractivity contribution in [2.75, 3.05) is 12.4 Å². The van der Waals surface area contributed by atoms with E-state index in [-0.39, 0.29) is 11.9 Å². The van der Waals surface area contributed by atoms with Crippen LogP contribution in [0.15, 0.2) is 10.9 Å². The summed E-state index contributed by atoms with van der Waals surface area (Å²) in [4.78, 5) is 18.1. The minimum atomic E-state index is -0.00407. The number of carbonyl (C=O) groups is 1. The van der Waals surface area contributed by atoms with Gasteiger partial charge in [0.15, 0.2) is 0 Å². The van der Waals surface area contributed by atoms with Gasteiger partial charge in [-0.2, -0.15) is 0 Å². The van der Waals surface area contributed by atoms with Gasteiger partial charge in [0.1, 0.15) is 5.69 Å². The van der Waals surface area contributed by atoms with E-state index in [0.29, 0.717) is 18.1 Å². The van der Waals surface area contributed by atoms with Crippen LogP contribution in [0.2, 0.25) is 0 Å². The third kappa shape index (κ3) is 3.19. The van der Waals surface area contributed by atoms with Crippen LogP contribution in [0.3, 0.4) is 0 Å². The molecule has 1 amide bonds. The van der Waals surface area contributed by atoms with Gasteiger partial charge in [-0.25, -0.2) is 4.98 Å². The van der Waals surface area contributed by atoms with E-state index in [2.05, 4.69) is 18.8 Å². The van der Waals surface area contributed by atoms with Gasteiger partial charge in [-0.05, 0) is 12.8 Å². The van der Waals surface area contributed by atoms with Crippen molar-refractivity contribution in [3.8, 4) is 0 Å². The van der Waals surface area contributed by atoms with Crippen LogP contribution in [0, 0.1) is 0 Å². The van der Waals surface area contributed by atoms with Crippen molar-refractivity contribution in [1.29, 1.82) is 0 Å². The van der Waals surface area contributed by atoms with E-state index >= 15 is 0 Å². The number of thiazole rings is 1. The van der Waals surface area contributed by atoms with E-state index in [9.17, 15) is 4.79 Å². The lowest BCUT2D eigenvalue weighted by atomic mass is 10.1. The van der Waals surface area contributed by atoms with Crippen molar-refractivity contribution < 1.29 is 4.79 Å². The first-order valence-electron chi connectivity index (χ1n) is 5.49. The lowest BCUT2D eigenvalue weighted by Gasteiger charge is -2.29. The van der Waals surface area contributed by atoms with Crippen molar-refractivity contribution in [2.45, 2.75) is 32.7 Å². The first-order valence-corrected chi connectivity index (χ1v) is 6.97. The number of rotatable bonds is 6. The Bertz CT molecular complexity index is 312. The van der Waals surface area contributed by atoms with Crippen molar-refractivity contribution in [3.63, 3.8) is 0 Å². The van der Waals surface area contributed by atoms with E-state index in [0.717, 1.165) is 12.8 Å². The summed E-state index contributed by atoms with van der Waals surface area (Å²) in [5, 5.41) is 1.78. The summed E-state index contributed by atoms with van der Waals surface area (Å²) in [6.45, 7) is 4.76. The Hall–Kier alpha value is -0.610. The van der Waals surface area contributed by atoms with E-state index in [4.69, 9.17) is 11.6 Å². The monoisotopic (exact) mass is 260 g/mol. The summed E-state index contributed by atoms with van der Waals surface area (Å²) in [6, 6.07) is 0.257. The minimum Gasteiger partial charge on any atom is -0.333 e. The molecule has 16 heavy (non-hydrogen) atoms. The fraction of sp³-hybridized carbons (Fsp3) is 0.636. The molecule has 90 valence electrons. The summed E-state index contributed by atoms with van der Waals surface area (Å²) >= 11 is 7.19. The molecule has 0 bridgehead atoms. The second kappa shape index (κ2) is 6.86. The highest BCUT2D eigenvalue weighted by molar-refractivity contribution is 7.07. The molecule has 1 rings (SSSR count). The maximum atomic E-state index is 12.2. The maximum Gasteiger partial charge on any atom is 0.273 e. The molecule has 0 N–H and O–H groups in total. The Balaban J connectivity index is 2.80. The van der Waals surface area contributed by atoms with E-state index < -0.39 is 0 Å². The standard InChI is InChI=1S/C11H17ClN2OS/c1-3-9(4-2)14(6-5-12)11(15)10-7-16-8-13-10/h7-9H,3-6H2,1-2H3. The molecule has 3 nitrogen and oxygen atoms in total. The maximum absolute atomic E-state index is 12.2. The molecule has 0 aromatic carbocycles. The molecular formula is C11H17ClN2OS. The van der Waals surface area contributed by atoms with Gasteiger partial charge in [-0.15, -0.1) is 22.9 Å². The highest BCUT2D eigenvalue weighted by Gasteiger charge is 2.22. The Kier molecular flexibility index (Phi) is 5.77. The van der Waals surface area contributed by atoms with Crippen LogP contribution in [0.5, 0.6) is 0 Å². The molecule has 1 heterocycles. The van der Waals surface area contributed by atoms with Crippen molar-refractivity contribution in [3.05, 3.63) is 16.6 Å². The Morgan fingerprint density at radius 1 is 1.56 bits per heavy atom. The fourth-order valence-corrected chi connectivity index (χ4v) is 2.44. The molecule has 0 aliphatic heterocycles. The van der Waals surface area contributed by atoms with Gasteiger partial charge in [0.2, 0.25) is 0 Å². The normalized spacial score (nSPS) is 10.8. The van der Waals surface area contributed by atoms with Crippen LogP contribution in [-0.2, 0) is 0 Å². The Morgan fingerprint density at radius 3 is 2.69 bits per heavy atom. The smallest absolute Gasteiger partial charge is 0.273 e. The minimum absolute atomic E-state index is 0.00407. The highest BCUT2D eigenvalue weighted by Crippen LogP contribution is 2.13. The van der Waals surface area contributed by atoms with Gasteiger partial charge in [-0.3, -0.25) is 4.79 Å². The van der Waals surface area contributed by atoms with Crippen LogP contribution < -0.4 is 0 Å². The lowest BCUT2D eigenvalue weighted by molar-refractivity contribution is 0.0676. The molecule has 0 unspecified atom stereocenters. The molecule has 1 aromatic rings. The largest absolute Gasteiger partial charge is 0.333 e. The molecule has 0 atom stereocenters. The predicted octanol–water partition coefficient (Wildman–Crippen LogP) is 3.01. The van der Waals surface area contributed by atoms with Gasteiger partial charge >= 0.3 is 0 Å². The van der Waals surface area contributed by atoms with Crippen molar-refractivity contribution in [1.82, 2.24) is 9.88 Å². The second-order valence-corrected chi connectivity index (χ2v) is 4.63. The zero-order valence-corrected chi connectivity index (χ0v) is 11.2. The lowest BCUT2D eigenvalue weighted by Crippen LogP contribution is -2.41. The predicted molar refractivity (Wildman–Crippen MR) is 68.2 cm³/mol. The van der Waals surface area contributed by atoms with Gasteiger partial charge in [0, 0.05) is 23.8 Å². The van der Waals surface area contributed by atoms with E-state index in [1.807, 2.05) is 4.90 Å². The van der Waals surface area contributed by atoms with Crippen molar-refractivity contribution in [2.24, 2.45) is 0 Å². The van der Waals surface area contributed by atoms with Crippen LogP contribution in [0.4, 0.5) is 0 Å². The van der Waals surface area contributed by atoms with Crippen LogP contribution in [0.1, 0.15) is 37.2 Å². The molecule has 0 saturated heterocycles. The quantitative estimate of drug-likeness (QED) is 0.737. The van der Waals surface area contributed by atoms with Crippen LogP contribution in [0.25, 0.3) is 0 Å². The summed E-state index contributed by atoms with van der Waals surface area (Å²) in [7, 11) is 0. The third-order valence-corrected chi connectivity index (χ3v) is 3.38. The number of nitrogens with zero attached hydrogens (tertiary/aromatic N) is 2. The number of amides is 1. The SMILES string of the molecule is CCC(CC)N(CCCl)C(=O)c1cscn1. The number of hydrogen-bond donors (Lipinski definition) is 0. The molecule has 0 radical (unpaired) electrons. The summed E-state index contributed by atoms with van der Waals surface area (Å²) in [6.07, 6.45) is 1.90. The van der Waals surface area contributed by atoms with Crippen molar-refractivity contribution >= 4 is 28.8 Å². The summed E-state index contributed by atoms with van der Waals surface area (Å²) in [5.74, 6) is 0.461. The average molecular weight is 261 g/mol. The van der Waals surface area contributed by atoms with Crippen LogP contribution in [-0.4, -0.2) is 34.3 Å². The molecule has 0 aliphatic rings. The Morgan fingerprint density at radius 2 is 2.25 bits per heavy atom. The topological polar surface area (TPSA) is 33.2 Å². The molecule has 0 saturated carbocycles. The van der Waals surface area contributed by atoms with E-state index in [1.54, 1.807) is 10.9 Å². The molecular weight excluding hydrogens is 244 g/mol. The number of aromatic nitrogens is 1. The number of hydrogen-bond acceptors (Lipinski definition) is 3. The Labute approximate surface area is 105 Å². The summed E-state index contributed by atoms with van der Waals surface area (Å²) < 4.78 is 0. The fourth-order valence-electron chi connectivity index (χ4n) is 1.74. The van der Waals surface area contributed by atoms with Gasteiger partial charge in [0.25, 0.3) is 5.91 Å². The zero-order valence-electron chi connectivity index (χ0n) is 9.65. The summed E-state index contributed by atoms with van der Waals surface area (Å²) in [5.41, 5.74) is 2.21. The van der Waals surface area contributed by atoms with Gasteiger partial charge < -0.3 is 4.90 Å². The van der Waals surface area contributed by atoms with Gasteiger partial charge in [-0.1, -0.05) is 13.8 Å².